The molecule has 6 heteroatoms. The summed E-state index contributed by atoms with van der Waals surface area (Å²) in [5, 5.41) is 0. The average molecular weight is 376 g/mol. The normalized spacial score (nSPS) is 14.8. The van der Waals surface area contributed by atoms with Gasteiger partial charge in [0.25, 0.3) is 10.2 Å². The van der Waals surface area contributed by atoms with Crippen molar-refractivity contribution in [3.05, 3.63) is 71.8 Å². The van der Waals surface area contributed by atoms with Gasteiger partial charge >= 0.3 is 0 Å². The predicted octanol–water partition coefficient (Wildman–Crippen LogP) is 3.38. The maximum atomic E-state index is 13.1. The summed E-state index contributed by atoms with van der Waals surface area (Å²) in [5.41, 5.74) is 8.20. The van der Waals surface area contributed by atoms with Crippen LogP contribution in [0.5, 0.6) is 0 Å². The van der Waals surface area contributed by atoms with Gasteiger partial charge in [0.1, 0.15) is 0 Å². The number of hydrogen-bond donors (Lipinski definition) is 2. The van der Waals surface area contributed by atoms with E-state index in [1.807, 2.05) is 88.4 Å². The molecule has 0 saturated carbocycles. The predicted molar refractivity (Wildman–Crippen MR) is 107 cm³/mol. The summed E-state index contributed by atoms with van der Waals surface area (Å²) in [6.45, 7) is 7.48. The zero-order valence-electron chi connectivity index (χ0n) is 15.8. The number of nitrogens with two attached hydrogens (primary N) is 1. The van der Waals surface area contributed by atoms with Crippen LogP contribution in [0, 0.1) is 0 Å². The number of rotatable bonds is 8. The number of benzene rings is 2. The van der Waals surface area contributed by atoms with Crippen LogP contribution < -0.4 is 10.5 Å². The Morgan fingerprint density at radius 3 is 1.65 bits per heavy atom. The third kappa shape index (κ3) is 4.92. The third-order valence-electron chi connectivity index (χ3n) is 4.27. The van der Waals surface area contributed by atoms with Crippen molar-refractivity contribution in [1.29, 1.82) is 0 Å². The molecule has 0 fully saturated rings. The number of nitrogens with zero attached hydrogens (tertiary/aromatic N) is 1. The van der Waals surface area contributed by atoms with Crippen LogP contribution in [-0.4, -0.2) is 24.8 Å². The van der Waals surface area contributed by atoms with Crippen LogP contribution in [0.2, 0.25) is 0 Å². The quantitative estimate of drug-likeness (QED) is 0.743. The van der Waals surface area contributed by atoms with E-state index in [2.05, 4.69) is 4.72 Å². The molecule has 0 heterocycles. The lowest BCUT2D eigenvalue weighted by Crippen LogP contribution is -2.50. The molecule has 0 aliphatic carbocycles. The van der Waals surface area contributed by atoms with Crippen molar-refractivity contribution in [3.8, 4) is 0 Å². The highest BCUT2D eigenvalue weighted by molar-refractivity contribution is 7.87. The second-order valence-corrected chi connectivity index (χ2v) is 8.57. The molecule has 0 radical (unpaired) electrons. The second-order valence-electron chi connectivity index (χ2n) is 6.97. The summed E-state index contributed by atoms with van der Waals surface area (Å²) in [5.74, 6) is 0. The Morgan fingerprint density at radius 2 is 1.23 bits per heavy atom. The largest absolute Gasteiger partial charge is 0.322 e. The van der Waals surface area contributed by atoms with Gasteiger partial charge in [-0.1, -0.05) is 60.7 Å². The Labute approximate surface area is 157 Å². The maximum absolute atomic E-state index is 13.1. The van der Waals surface area contributed by atoms with Gasteiger partial charge in [-0.2, -0.15) is 17.4 Å². The van der Waals surface area contributed by atoms with Crippen molar-refractivity contribution in [1.82, 2.24) is 9.03 Å². The first-order valence-corrected chi connectivity index (χ1v) is 10.3. The molecule has 0 aliphatic rings. The van der Waals surface area contributed by atoms with E-state index in [0.29, 0.717) is 0 Å². The fraction of sp³-hybridized carbons (Fsp3) is 0.400. The van der Waals surface area contributed by atoms with Crippen molar-refractivity contribution >= 4 is 10.2 Å². The minimum Gasteiger partial charge on any atom is -0.322 e. The van der Waals surface area contributed by atoms with Gasteiger partial charge < -0.3 is 5.73 Å². The van der Waals surface area contributed by atoms with Crippen LogP contribution >= 0.6 is 0 Å². The molecule has 0 aliphatic heterocycles. The molecule has 26 heavy (non-hydrogen) atoms. The zero-order valence-corrected chi connectivity index (χ0v) is 16.6. The van der Waals surface area contributed by atoms with Crippen molar-refractivity contribution in [2.45, 2.75) is 51.9 Å². The fourth-order valence-electron chi connectivity index (χ4n) is 3.25. The highest BCUT2D eigenvalue weighted by atomic mass is 32.2. The second kappa shape index (κ2) is 8.77. The van der Waals surface area contributed by atoms with Crippen molar-refractivity contribution in [3.63, 3.8) is 0 Å². The Balaban J connectivity index is 2.42. The zero-order chi connectivity index (χ0) is 19.3. The monoisotopic (exact) mass is 375 g/mol. The Bertz CT molecular complexity index is 769. The fourth-order valence-corrected chi connectivity index (χ4v) is 5.08. The van der Waals surface area contributed by atoms with E-state index < -0.39 is 22.3 Å². The lowest BCUT2D eigenvalue weighted by molar-refractivity contribution is 0.293. The topological polar surface area (TPSA) is 75.4 Å². The molecule has 5 nitrogen and oxygen atoms in total. The summed E-state index contributed by atoms with van der Waals surface area (Å²) in [6, 6.07) is 17.6. The van der Waals surface area contributed by atoms with E-state index in [4.69, 9.17) is 5.73 Å². The molecular formula is C20H29N3O2S. The smallest absolute Gasteiger partial charge is 0.280 e. The number of hydrogen-bond acceptors (Lipinski definition) is 3. The molecule has 0 aromatic heterocycles. The van der Waals surface area contributed by atoms with Gasteiger partial charge in [-0.25, -0.2) is 0 Å². The lowest BCUT2D eigenvalue weighted by atomic mass is 9.95. The summed E-state index contributed by atoms with van der Waals surface area (Å²) >= 11 is 0. The van der Waals surface area contributed by atoms with E-state index in [1.54, 1.807) is 0 Å². The summed E-state index contributed by atoms with van der Waals surface area (Å²) in [6.07, 6.45) is 0. The maximum Gasteiger partial charge on any atom is 0.280 e. The van der Waals surface area contributed by atoms with Gasteiger partial charge in [0.05, 0.1) is 12.1 Å². The van der Waals surface area contributed by atoms with Crippen LogP contribution in [-0.2, 0) is 10.2 Å². The molecule has 2 aromatic carbocycles. The van der Waals surface area contributed by atoms with E-state index in [-0.39, 0.29) is 12.1 Å². The first-order chi connectivity index (χ1) is 12.2. The molecule has 142 valence electrons. The first kappa shape index (κ1) is 20.6. The van der Waals surface area contributed by atoms with Gasteiger partial charge in [-0.3, -0.25) is 0 Å². The van der Waals surface area contributed by atoms with Gasteiger partial charge in [-0.05, 0) is 38.8 Å². The molecule has 0 amide bonds. The summed E-state index contributed by atoms with van der Waals surface area (Å²) in [4.78, 5) is 0. The molecule has 0 unspecified atom stereocenters. The summed E-state index contributed by atoms with van der Waals surface area (Å²) < 4.78 is 30.5. The SMILES string of the molecule is CC(C)N(C(C)C)S(=O)(=O)N[C@@H](c1ccccc1)[C@@H](N)c1ccccc1. The van der Waals surface area contributed by atoms with Crippen LogP contribution in [0.25, 0.3) is 0 Å². The van der Waals surface area contributed by atoms with E-state index in [1.165, 1.54) is 4.31 Å². The number of nitrogens with one attached hydrogen (secondary N) is 1. The molecule has 0 spiro atoms. The Hall–Kier alpha value is -1.73. The Morgan fingerprint density at radius 1 is 0.808 bits per heavy atom. The molecule has 0 saturated heterocycles. The lowest BCUT2D eigenvalue weighted by Gasteiger charge is -2.33. The van der Waals surface area contributed by atoms with E-state index >= 15 is 0 Å². The van der Waals surface area contributed by atoms with Gasteiger partial charge in [-0.15, -0.1) is 0 Å². The molecule has 0 bridgehead atoms. The molecule has 3 N–H and O–H groups in total. The molecule has 2 rings (SSSR count). The van der Waals surface area contributed by atoms with E-state index in [9.17, 15) is 8.42 Å². The van der Waals surface area contributed by atoms with Crippen LogP contribution in [0.1, 0.15) is 50.9 Å². The molecule has 2 atom stereocenters. The van der Waals surface area contributed by atoms with Crippen molar-refractivity contribution in [2.75, 3.05) is 0 Å². The van der Waals surface area contributed by atoms with Crippen LogP contribution in [0.15, 0.2) is 60.7 Å². The Kier molecular flexibility index (Phi) is 6.94. The molecule has 2 aromatic rings. The highest BCUT2D eigenvalue weighted by Crippen LogP contribution is 2.28. The first-order valence-electron chi connectivity index (χ1n) is 8.90. The minimum atomic E-state index is -3.72. The van der Waals surface area contributed by atoms with E-state index in [0.717, 1.165) is 11.1 Å². The van der Waals surface area contributed by atoms with Crippen LogP contribution in [0.4, 0.5) is 0 Å². The summed E-state index contributed by atoms with van der Waals surface area (Å²) in [7, 11) is -3.72. The van der Waals surface area contributed by atoms with Gasteiger partial charge in [0.15, 0.2) is 0 Å². The van der Waals surface area contributed by atoms with Crippen molar-refractivity contribution < 1.29 is 8.42 Å². The van der Waals surface area contributed by atoms with Crippen LogP contribution in [0.3, 0.4) is 0 Å². The minimum absolute atomic E-state index is 0.156. The van der Waals surface area contributed by atoms with Crippen molar-refractivity contribution in [2.24, 2.45) is 5.73 Å². The average Bonchev–Trinajstić information content (AvgIpc) is 2.59. The standard InChI is InChI=1S/C20H29N3O2S/c1-15(2)23(16(3)4)26(24,25)22-20(18-13-9-6-10-14-18)19(21)17-11-7-5-8-12-17/h5-16,19-20,22H,21H2,1-4H3/t19-,20-/m0/s1. The molecular weight excluding hydrogens is 346 g/mol. The van der Waals surface area contributed by atoms with Gasteiger partial charge in [0.2, 0.25) is 0 Å². The van der Waals surface area contributed by atoms with Gasteiger partial charge in [0, 0.05) is 12.1 Å². The third-order valence-corrected chi connectivity index (χ3v) is 6.22. The highest BCUT2D eigenvalue weighted by Gasteiger charge is 2.33.